The molecule has 1 atom stereocenters. The first-order valence-electron chi connectivity index (χ1n) is 7.36. The number of hydrogen-bond acceptors (Lipinski definition) is 2. The van der Waals surface area contributed by atoms with E-state index in [4.69, 9.17) is 0 Å². The molecule has 3 heteroatoms. The molecule has 1 aromatic carbocycles. The van der Waals surface area contributed by atoms with Gasteiger partial charge in [-0.05, 0) is 17.4 Å². The summed E-state index contributed by atoms with van der Waals surface area (Å²) < 4.78 is 0. The predicted molar refractivity (Wildman–Crippen MR) is 83.5 cm³/mol. The molecular formula is C18H22N2O. The molecule has 21 heavy (non-hydrogen) atoms. The summed E-state index contributed by atoms with van der Waals surface area (Å²) >= 11 is 0. The van der Waals surface area contributed by atoms with Gasteiger partial charge in [-0.1, -0.05) is 62.8 Å². The molecule has 1 amide bonds. The van der Waals surface area contributed by atoms with Crippen LogP contribution < -0.4 is 0 Å². The van der Waals surface area contributed by atoms with Crippen molar-refractivity contribution in [2.45, 2.75) is 33.1 Å². The van der Waals surface area contributed by atoms with Gasteiger partial charge in [0.2, 0.25) is 5.91 Å². The van der Waals surface area contributed by atoms with Crippen molar-refractivity contribution in [3.05, 3.63) is 47.5 Å². The van der Waals surface area contributed by atoms with Gasteiger partial charge in [0.05, 0.1) is 6.07 Å². The highest BCUT2D eigenvalue weighted by Gasteiger charge is 2.28. The van der Waals surface area contributed by atoms with Crippen molar-refractivity contribution in [1.29, 1.82) is 5.26 Å². The van der Waals surface area contributed by atoms with Gasteiger partial charge in [-0.2, -0.15) is 5.26 Å². The van der Waals surface area contributed by atoms with E-state index in [2.05, 4.69) is 32.9 Å². The summed E-state index contributed by atoms with van der Waals surface area (Å²) in [5.41, 5.74) is 2.32. The summed E-state index contributed by atoms with van der Waals surface area (Å²) in [6.07, 6.45) is 3.03. The van der Waals surface area contributed by atoms with Gasteiger partial charge < -0.3 is 4.90 Å². The number of hydrogen-bond donors (Lipinski definition) is 0. The van der Waals surface area contributed by atoms with Crippen molar-refractivity contribution in [3.8, 4) is 6.07 Å². The van der Waals surface area contributed by atoms with Gasteiger partial charge in [0.25, 0.3) is 0 Å². The molecular weight excluding hydrogens is 260 g/mol. The third-order valence-electron chi connectivity index (χ3n) is 3.99. The van der Waals surface area contributed by atoms with E-state index in [-0.39, 0.29) is 11.3 Å². The number of nitriles is 1. The number of nitrogens with zero attached hydrogens (tertiary/aromatic N) is 2. The van der Waals surface area contributed by atoms with Gasteiger partial charge in [0.15, 0.2) is 0 Å². The largest absolute Gasteiger partial charge is 0.337 e. The topological polar surface area (TPSA) is 44.1 Å². The lowest BCUT2D eigenvalue weighted by molar-refractivity contribution is -0.131. The molecule has 1 heterocycles. The Morgan fingerprint density at radius 1 is 1.29 bits per heavy atom. The second-order valence-electron chi connectivity index (χ2n) is 6.49. The third-order valence-corrected chi connectivity index (χ3v) is 3.99. The number of carbonyl (C=O) groups excluding carboxylic acids is 1. The summed E-state index contributed by atoms with van der Waals surface area (Å²) in [7, 11) is 0. The number of benzene rings is 1. The van der Waals surface area contributed by atoms with Crippen molar-refractivity contribution in [2.24, 2.45) is 5.41 Å². The Labute approximate surface area is 126 Å². The van der Waals surface area contributed by atoms with Gasteiger partial charge in [-0.15, -0.1) is 0 Å². The van der Waals surface area contributed by atoms with Crippen LogP contribution in [0, 0.1) is 16.7 Å². The lowest BCUT2D eigenvalue weighted by Crippen LogP contribution is -2.39. The molecule has 0 bridgehead atoms. The Balaban J connectivity index is 2.12. The van der Waals surface area contributed by atoms with Crippen LogP contribution >= 0.6 is 0 Å². The van der Waals surface area contributed by atoms with Crippen LogP contribution in [-0.2, 0) is 4.79 Å². The maximum Gasteiger partial charge on any atom is 0.244 e. The second kappa shape index (κ2) is 6.13. The van der Waals surface area contributed by atoms with Crippen LogP contribution in [0.1, 0.15) is 38.7 Å². The average Bonchev–Trinajstić information content (AvgIpc) is 2.48. The highest BCUT2D eigenvalue weighted by atomic mass is 16.2. The molecule has 2 rings (SSSR count). The lowest BCUT2D eigenvalue weighted by atomic mass is 9.82. The monoisotopic (exact) mass is 282 g/mol. The van der Waals surface area contributed by atoms with E-state index in [1.54, 1.807) is 4.90 Å². The molecule has 110 valence electrons. The average molecular weight is 282 g/mol. The quantitative estimate of drug-likeness (QED) is 0.779. The highest BCUT2D eigenvalue weighted by Crippen LogP contribution is 2.31. The van der Waals surface area contributed by atoms with E-state index < -0.39 is 5.92 Å². The predicted octanol–water partition coefficient (Wildman–Crippen LogP) is 3.50. The molecule has 1 aromatic rings. The van der Waals surface area contributed by atoms with E-state index >= 15 is 0 Å². The maximum atomic E-state index is 12.6. The molecule has 1 aliphatic rings. The van der Waals surface area contributed by atoms with Crippen molar-refractivity contribution < 1.29 is 4.79 Å². The molecule has 0 saturated carbocycles. The van der Waals surface area contributed by atoms with Gasteiger partial charge >= 0.3 is 0 Å². The van der Waals surface area contributed by atoms with Crippen LogP contribution in [0.5, 0.6) is 0 Å². The lowest BCUT2D eigenvalue weighted by Gasteiger charge is -2.33. The summed E-state index contributed by atoms with van der Waals surface area (Å²) in [6.45, 7) is 7.89. The fourth-order valence-electron chi connectivity index (χ4n) is 2.65. The number of rotatable bonds is 2. The molecule has 0 spiro atoms. The van der Waals surface area contributed by atoms with E-state index in [0.29, 0.717) is 13.1 Å². The highest BCUT2D eigenvalue weighted by molar-refractivity contribution is 5.86. The number of amides is 1. The molecule has 0 radical (unpaired) electrons. The first-order valence-corrected chi connectivity index (χ1v) is 7.36. The van der Waals surface area contributed by atoms with Crippen LogP contribution in [0.15, 0.2) is 42.0 Å². The summed E-state index contributed by atoms with van der Waals surface area (Å²) in [4.78, 5) is 14.3. The Bertz CT molecular complexity index is 575. The second-order valence-corrected chi connectivity index (χ2v) is 6.49. The number of carbonyl (C=O) groups is 1. The molecule has 1 aliphatic heterocycles. The van der Waals surface area contributed by atoms with Crippen LogP contribution in [-0.4, -0.2) is 23.9 Å². The van der Waals surface area contributed by atoms with Crippen molar-refractivity contribution in [3.63, 3.8) is 0 Å². The van der Waals surface area contributed by atoms with E-state index in [1.165, 1.54) is 5.57 Å². The van der Waals surface area contributed by atoms with Crippen molar-refractivity contribution in [1.82, 2.24) is 4.90 Å². The molecule has 1 unspecified atom stereocenters. The zero-order chi connectivity index (χ0) is 15.5. The van der Waals surface area contributed by atoms with Crippen LogP contribution in [0.4, 0.5) is 0 Å². The molecule has 0 saturated heterocycles. The standard InChI is InChI=1S/C18H22N2O/c1-18(2,3)15-9-11-20(12-10-15)17(21)16(13-19)14-7-5-4-6-8-14/h4-9,16H,10-12H2,1-3H3. The smallest absolute Gasteiger partial charge is 0.244 e. The van der Waals surface area contributed by atoms with Crippen LogP contribution in [0.3, 0.4) is 0 Å². The minimum absolute atomic E-state index is 0.0899. The van der Waals surface area contributed by atoms with E-state index in [1.807, 2.05) is 30.3 Å². The van der Waals surface area contributed by atoms with Gasteiger partial charge in [-0.3, -0.25) is 4.79 Å². The Hall–Kier alpha value is -2.08. The summed E-state index contributed by atoms with van der Waals surface area (Å²) in [5, 5.41) is 9.35. The minimum Gasteiger partial charge on any atom is -0.337 e. The Morgan fingerprint density at radius 3 is 2.43 bits per heavy atom. The van der Waals surface area contributed by atoms with Gasteiger partial charge in [0, 0.05) is 13.1 Å². The zero-order valence-electron chi connectivity index (χ0n) is 13.0. The molecule has 0 N–H and O–H groups in total. The van der Waals surface area contributed by atoms with Crippen LogP contribution in [0.25, 0.3) is 0 Å². The molecule has 0 aliphatic carbocycles. The normalized spacial score (nSPS) is 16.9. The zero-order valence-corrected chi connectivity index (χ0v) is 13.0. The summed E-state index contributed by atoms with van der Waals surface area (Å²) in [6, 6.07) is 11.4. The van der Waals surface area contributed by atoms with Crippen molar-refractivity contribution >= 4 is 5.91 Å². The molecule has 3 nitrogen and oxygen atoms in total. The Kier molecular flexibility index (Phi) is 4.47. The first kappa shape index (κ1) is 15.3. The van der Waals surface area contributed by atoms with Crippen molar-refractivity contribution in [2.75, 3.05) is 13.1 Å². The van der Waals surface area contributed by atoms with E-state index in [9.17, 15) is 10.1 Å². The van der Waals surface area contributed by atoms with Crippen LogP contribution in [0.2, 0.25) is 0 Å². The SMILES string of the molecule is CC(C)(C)C1=CCN(C(=O)C(C#N)c2ccccc2)CC1. The minimum atomic E-state index is -0.698. The first-order chi connectivity index (χ1) is 9.93. The molecule has 0 fully saturated rings. The maximum absolute atomic E-state index is 12.6. The third kappa shape index (κ3) is 3.52. The van der Waals surface area contributed by atoms with Gasteiger partial charge in [0.1, 0.15) is 5.92 Å². The Morgan fingerprint density at radius 2 is 1.95 bits per heavy atom. The summed E-state index contributed by atoms with van der Waals surface area (Å²) in [5.74, 6) is -0.788. The fraction of sp³-hybridized carbons (Fsp3) is 0.444. The van der Waals surface area contributed by atoms with Gasteiger partial charge in [-0.25, -0.2) is 0 Å². The fourth-order valence-corrected chi connectivity index (χ4v) is 2.65. The molecule has 0 aromatic heterocycles. The van der Waals surface area contributed by atoms with E-state index in [0.717, 1.165) is 12.0 Å².